The molecule has 186 valence electrons. The van der Waals surface area contributed by atoms with Gasteiger partial charge in [-0.2, -0.15) is 5.10 Å². The molecule has 1 aliphatic heterocycles. The minimum atomic E-state index is -0.198. The zero-order chi connectivity index (χ0) is 25.2. The van der Waals surface area contributed by atoms with E-state index in [1.165, 1.54) is 0 Å². The summed E-state index contributed by atoms with van der Waals surface area (Å²) >= 11 is 0. The first-order chi connectivity index (χ1) is 17.5. The van der Waals surface area contributed by atoms with Crippen LogP contribution in [0.1, 0.15) is 17.8 Å². The molecule has 1 fully saturated rings. The molecule has 2 amide bonds. The van der Waals surface area contributed by atoms with Crippen LogP contribution in [0.15, 0.2) is 54.6 Å². The number of fused-ring (bicyclic) bond motifs is 1. The van der Waals surface area contributed by atoms with Gasteiger partial charge in [-0.05, 0) is 56.7 Å². The first kappa shape index (κ1) is 23.5. The fraction of sp³-hybridized carbons (Fsp3) is 0.296. The Labute approximate surface area is 210 Å². The van der Waals surface area contributed by atoms with Crippen LogP contribution in [0.5, 0.6) is 11.5 Å². The van der Waals surface area contributed by atoms with Crippen molar-refractivity contribution < 1.29 is 14.3 Å². The average molecular weight is 487 g/mol. The van der Waals surface area contributed by atoms with Crippen molar-refractivity contribution in [2.75, 3.05) is 37.5 Å². The summed E-state index contributed by atoms with van der Waals surface area (Å²) in [6.07, 6.45) is 0.845. The number of para-hydroxylation sites is 1. The van der Waals surface area contributed by atoms with Gasteiger partial charge >= 0.3 is 6.03 Å². The second-order valence-electron chi connectivity index (χ2n) is 8.92. The largest absolute Gasteiger partial charge is 0.493 e. The minimum Gasteiger partial charge on any atom is -0.493 e. The molecular formula is C27H30N6O3. The molecule has 2 aromatic carbocycles. The lowest BCUT2D eigenvalue weighted by Gasteiger charge is -2.20. The molecule has 3 heterocycles. The van der Waals surface area contributed by atoms with Gasteiger partial charge in [-0.3, -0.25) is 0 Å². The summed E-state index contributed by atoms with van der Waals surface area (Å²) in [4.78, 5) is 19.7. The Bertz CT molecular complexity index is 1400. The minimum absolute atomic E-state index is 0.0311. The third-order valence-corrected chi connectivity index (χ3v) is 6.41. The Morgan fingerprint density at radius 1 is 1.03 bits per heavy atom. The van der Waals surface area contributed by atoms with Crippen LogP contribution in [0.4, 0.5) is 16.2 Å². The smallest absolute Gasteiger partial charge is 0.319 e. The van der Waals surface area contributed by atoms with Gasteiger partial charge in [-0.25, -0.2) is 14.3 Å². The van der Waals surface area contributed by atoms with Gasteiger partial charge in [0, 0.05) is 30.4 Å². The Morgan fingerprint density at radius 2 is 1.81 bits per heavy atom. The Morgan fingerprint density at radius 3 is 2.56 bits per heavy atom. The third-order valence-electron chi connectivity index (χ3n) is 6.41. The molecule has 2 aromatic heterocycles. The van der Waals surface area contributed by atoms with Crippen LogP contribution < -0.4 is 25.0 Å². The number of urea groups is 1. The van der Waals surface area contributed by atoms with Gasteiger partial charge in [-0.1, -0.05) is 18.2 Å². The van der Waals surface area contributed by atoms with Gasteiger partial charge < -0.3 is 25.0 Å². The van der Waals surface area contributed by atoms with Crippen LogP contribution in [0.25, 0.3) is 16.9 Å². The first-order valence-electron chi connectivity index (χ1n) is 11.9. The molecule has 36 heavy (non-hydrogen) atoms. The molecule has 9 nitrogen and oxygen atoms in total. The molecule has 0 saturated carbocycles. The van der Waals surface area contributed by atoms with Crippen molar-refractivity contribution in [3.63, 3.8) is 0 Å². The molecular weight excluding hydrogens is 456 g/mol. The summed E-state index contributed by atoms with van der Waals surface area (Å²) in [6, 6.07) is 17.2. The number of rotatable bonds is 6. The highest BCUT2D eigenvalue weighted by Gasteiger charge is 2.27. The van der Waals surface area contributed by atoms with Crippen molar-refractivity contribution in [1.82, 2.24) is 19.9 Å². The van der Waals surface area contributed by atoms with Crippen LogP contribution in [-0.4, -0.2) is 54.0 Å². The number of imidazole rings is 1. The predicted molar refractivity (Wildman–Crippen MR) is 140 cm³/mol. The van der Waals surface area contributed by atoms with E-state index < -0.39 is 0 Å². The van der Waals surface area contributed by atoms with E-state index in [9.17, 15) is 4.79 Å². The number of amides is 2. The van der Waals surface area contributed by atoms with Gasteiger partial charge in [0.05, 0.1) is 37.0 Å². The predicted octanol–water partition coefficient (Wildman–Crippen LogP) is 4.43. The number of nitrogens with one attached hydrogen (secondary N) is 2. The summed E-state index contributed by atoms with van der Waals surface area (Å²) in [5, 5.41) is 10.8. The molecule has 1 atom stereocenters. The lowest BCUT2D eigenvalue weighted by molar-refractivity contribution is 0.249. The standard InChI is InChI=1S/C27H30N6O3/c1-17-14-22(32-13-12-21(16-32)30-27(34)29-20-8-6-5-7-9-20)26-28-18(2)25(33(26)31-17)19-10-11-23(35-3)24(15-19)36-4/h5-11,14-15,21H,12-13,16H2,1-4H3,(H2,29,30,34)/t21-/m1/s1. The fourth-order valence-electron chi connectivity index (χ4n) is 4.75. The summed E-state index contributed by atoms with van der Waals surface area (Å²) in [5.41, 5.74) is 6.18. The van der Waals surface area contributed by atoms with Crippen LogP contribution in [-0.2, 0) is 0 Å². The maximum absolute atomic E-state index is 12.5. The fourth-order valence-corrected chi connectivity index (χ4v) is 4.75. The number of nitrogens with zero attached hydrogens (tertiary/aromatic N) is 4. The van der Waals surface area contributed by atoms with Gasteiger partial charge in [0.2, 0.25) is 0 Å². The van der Waals surface area contributed by atoms with E-state index in [2.05, 4.69) is 21.6 Å². The Kier molecular flexibility index (Phi) is 6.37. The number of ether oxygens (including phenoxy) is 2. The number of benzene rings is 2. The highest BCUT2D eigenvalue weighted by Crippen LogP contribution is 2.35. The number of carbonyl (C=O) groups excluding carboxylic acids is 1. The normalized spacial score (nSPS) is 15.2. The molecule has 1 aliphatic rings. The van der Waals surface area contributed by atoms with Crippen LogP contribution in [0.3, 0.4) is 0 Å². The topological polar surface area (TPSA) is 93.0 Å². The Hall–Kier alpha value is -4.27. The van der Waals surface area contributed by atoms with Gasteiger partial charge in [0.1, 0.15) is 0 Å². The summed E-state index contributed by atoms with van der Waals surface area (Å²) < 4.78 is 12.8. The number of hydrogen-bond acceptors (Lipinski definition) is 6. The second kappa shape index (κ2) is 9.77. The van der Waals surface area contributed by atoms with Crippen molar-refractivity contribution in [2.24, 2.45) is 0 Å². The highest BCUT2D eigenvalue weighted by molar-refractivity contribution is 5.89. The number of aryl methyl sites for hydroxylation is 2. The van der Waals surface area contributed by atoms with Crippen molar-refractivity contribution >= 4 is 23.1 Å². The van der Waals surface area contributed by atoms with Crippen molar-refractivity contribution in [2.45, 2.75) is 26.3 Å². The van der Waals surface area contributed by atoms with E-state index in [0.717, 1.165) is 52.6 Å². The molecule has 5 rings (SSSR count). The van der Waals surface area contributed by atoms with Gasteiger partial charge in [0.25, 0.3) is 0 Å². The summed E-state index contributed by atoms with van der Waals surface area (Å²) in [7, 11) is 3.25. The summed E-state index contributed by atoms with van der Waals surface area (Å²) in [5.74, 6) is 1.32. The van der Waals surface area contributed by atoms with E-state index in [1.54, 1.807) is 14.2 Å². The SMILES string of the molecule is COc1ccc(-c2c(C)nc3c(N4CC[C@@H](NC(=O)Nc5ccccc5)C4)cc(C)nn23)cc1OC. The van der Waals surface area contributed by atoms with E-state index >= 15 is 0 Å². The van der Waals surface area contributed by atoms with Crippen molar-refractivity contribution in [1.29, 1.82) is 0 Å². The number of hydrogen-bond donors (Lipinski definition) is 2. The maximum Gasteiger partial charge on any atom is 0.319 e. The molecule has 0 bridgehead atoms. The Balaban J connectivity index is 1.41. The number of aromatic nitrogens is 3. The number of methoxy groups -OCH3 is 2. The van der Waals surface area contributed by atoms with E-state index in [1.807, 2.05) is 66.9 Å². The average Bonchev–Trinajstić information content (AvgIpc) is 3.47. The van der Waals surface area contributed by atoms with Gasteiger partial charge in [-0.15, -0.1) is 0 Å². The molecule has 1 saturated heterocycles. The van der Waals surface area contributed by atoms with E-state index in [-0.39, 0.29) is 12.1 Å². The summed E-state index contributed by atoms with van der Waals surface area (Å²) in [6.45, 7) is 5.48. The highest BCUT2D eigenvalue weighted by atomic mass is 16.5. The van der Waals surface area contributed by atoms with Crippen LogP contribution >= 0.6 is 0 Å². The van der Waals surface area contributed by atoms with Crippen molar-refractivity contribution in [3.8, 4) is 22.8 Å². The number of carbonyl (C=O) groups is 1. The monoisotopic (exact) mass is 486 g/mol. The molecule has 0 radical (unpaired) electrons. The number of anilines is 2. The quantitative estimate of drug-likeness (QED) is 0.419. The zero-order valence-corrected chi connectivity index (χ0v) is 20.9. The third kappa shape index (κ3) is 4.51. The molecule has 0 spiro atoms. The van der Waals surface area contributed by atoms with E-state index in [0.29, 0.717) is 18.0 Å². The molecule has 0 aliphatic carbocycles. The maximum atomic E-state index is 12.5. The van der Waals surface area contributed by atoms with Crippen LogP contribution in [0.2, 0.25) is 0 Å². The first-order valence-corrected chi connectivity index (χ1v) is 11.9. The second-order valence-corrected chi connectivity index (χ2v) is 8.92. The zero-order valence-electron chi connectivity index (χ0n) is 20.9. The molecule has 9 heteroatoms. The molecule has 2 N–H and O–H groups in total. The lowest BCUT2D eigenvalue weighted by atomic mass is 10.1. The molecule has 0 unspecified atom stereocenters. The lowest BCUT2D eigenvalue weighted by Crippen LogP contribution is -2.39. The van der Waals surface area contributed by atoms with Crippen molar-refractivity contribution in [3.05, 3.63) is 66.0 Å². The van der Waals surface area contributed by atoms with E-state index in [4.69, 9.17) is 19.6 Å². The molecule has 4 aromatic rings. The van der Waals surface area contributed by atoms with Crippen LogP contribution in [0, 0.1) is 13.8 Å². The van der Waals surface area contributed by atoms with Gasteiger partial charge in [0.15, 0.2) is 17.1 Å².